The molecule has 0 saturated carbocycles. The predicted octanol–water partition coefficient (Wildman–Crippen LogP) is 3.55. The van der Waals surface area contributed by atoms with Crippen molar-refractivity contribution in [3.8, 4) is 0 Å². The van der Waals surface area contributed by atoms with Crippen LogP contribution in [-0.2, 0) is 0 Å². The van der Waals surface area contributed by atoms with Gasteiger partial charge in [0.1, 0.15) is 0 Å². The second kappa shape index (κ2) is 5.96. The van der Waals surface area contributed by atoms with Gasteiger partial charge in [-0.15, -0.1) is 0 Å². The fourth-order valence-electron chi connectivity index (χ4n) is 2.78. The molecule has 1 aromatic rings. The lowest BCUT2D eigenvalue weighted by atomic mass is 9.89. The van der Waals surface area contributed by atoms with Crippen LogP contribution in [0.2, 0.25) is 0 Å². The van der Waals surface area contributed by atoms with E-state index in [1.165, 1.54) is 37.3 Å². The summed E-state index contributed by atoms with van der Waals surface area (Å²) in [7, 11) is 0. The molecule has 1 fully saturated rings. The molecule has 0 bridgehead atoms. The van der Waals surface area contributed by atoms with Gasteiger partial charge < -0.3 is 4.90 Å². The van der Waals surface area contributed by atoms with E-state index in [9.17, 15) is 0 Å². The van der Waals surface area contributed by atoms with Gasteiger partial charge >= 0.3 is 0 Å². The van der Waals surface area contributed by atoms with E-state index in [1.54, 1.807) is 0 Å². The van der Waals surface area contributed by atoms with Crippen LogP contribution in [0.3, 0.4) is 0 Å². The Hall–Kier alpha value is -1.02. The molecule has 106 valence electrons. The Balaban J connectivity index is 1.91. The largest absolute Gasteiger partial charge is 0.369 e. The summed E-state index contributed by atoms with van der Waals surface area (Å²) >= 11 is 0. The van der Waals surface area contributed by atoms with Crippen molar-refractivity contribution in [2.75, 3.05) is 37.6 Å². The second-order valence-electron chi connectivity index (χ2n) is 6.57. The van der Waals surface area contributed by atoms with Crippen LogP contribution >= 0.6 is 0 Å². The summed E-state index contributed by atoms with van der Waals surface area (Å²) in [5, 5.41) is 0. The maximum absolute atomic E-state index is 2.62. The van der Waals surface area contributed by atoms with Crippen LogP contribution in [0.25, 0.3) is 0 Å². The van der Waals surface area contributed by atoms with E-state index in [-0.39, 0.29) is 0 Å². The topological polar surface area (TPSA) is 6.48 Å². The molecule has 1 aliphatic heterocycles. The predicted molar refractivity (Wildman–Crippen MR) is 83.9 cm³/mol. The first-order valence-corrected chi connectivity index (χ1v) is 7.55. The molecule has 1 aliphatic rings. The lowest BCUT2D eigenvalue weighted by molar-refractivity contribution is 0.165. The molecule has 1 saturated heterocycles. The summed E-state index contributed by atoms with van der Waals surface area (Å²) in [5.74, 6) is 0. The Morgan fingerprint density at radius 2 is 1.68 bits per heavy atom. The second-order valence-corrected chi connectivity index (χ2v) is 6.57. The molecule has 0 atom stereocenters. The van der Waals surface area contributed by atoms with Gasteiger partial charge in [-0.1, -0.05) is 39.0 Å². The van der Waals surface area contributed by atoms with E-state index < -0.39 is 0 Å². The summed E-state index contributed by atoms with van der Waals surface area (Å²) < 4.78 is 0. The van der Waals surface area contributed by atoms with Crippen molar-refractivity contribution in [1.29, 1.82) is 0 Å². The number of piperazine rings is 1. The summed E-state index contributed by atoms with van der Waals surface area (Å²) in [6.45, 7) is 15.2. The molecule has 0 N–H and O–H groups in total. The lowest BCUT2D eigenvalue weighted by Gasteiger charge is -2.40. The number of benzene rings is 1. The van der Waals surface area contributed by atoms with Gasteiger partial charge in [-0.05, 0) is 30.4 Å². The highest BCUT2D eigenvalue weighted by molar-refractivity contribution is 5.53. The number of hydrogen-bond acceptors (Lipinski definition) is 2. The quantitative estimate of drug-likeness (QED) is 0.817. The molecule has 1 aromatic carbocycles. The Kier molecular flexibility index (Phi) is 4.51. The highest BCUT2D eigenvalue weighted by atomic mass is 15.3. The molecule has 19 heavy (non-hydrogen) atoms. The average molecular weight is 260 g/mol. The van der Waals surface area contributed by atoms with Gasteiger partial charge in [0.25, 0.3) is 0 Å². The van der Waals surface area contributed by atoms with E-state index in [4.69, 9.17) is 0 Å². The monoisotopic (exact) mass is 260 g/mol. The highest BCUT2D eigenvalue weighted by Crippen LogP contribution is 2.24. The van der Waals surface area contributed by atoms with Crippen molar-refractivity contribution in [2.24, 2.45) is 5.41 Å². The third-order valence-electron chi connectivity index (χ3n) is 4.44. The summed E-state index contributed by atoms with van der Waals surface area (Å²) in [6, 6.07) is 8.73. The number of aryl methyl sites for hydroxylation is 1. The van der Waals surface area contributed by atoms with E-state index in [0.29, 0.717) is 5.41 Å². The standard InChI is InChI=1S/C17H28N2/c1-5-17(3,4)14-18-10-12-19(13-11-18)16-9-7-6-8-15(16)2/h6-9H,5,10-14H2,1-4H3. The number of hydrogen-bond donors (Lipinski definition) is 0. The van der Waals surface area contributed by atoms with E-state index >= 15 is 0 Å². The smallest absolute Gasteiger partial charge is 0.0396 e. The van der Waals surface area contributed by atoms with Crippen LogP contribution in [0.5, 0.6) is 0 Å². The Morgan fingerprint density at radius 3 is 2.26 bits per heavy atom. The maximum atomic E-state index is 2.62. The van der Waals surface area contributed by atoms with Gasteiger partial charge in [0.05, 0.1) is 0 Å². The maximum Gasteiger partial charge on any atom is 0.0396 e. The van der Waals surface area contributed by atoms with Gasteiger partial charge in [-0.3, -0.25) is 4.90 Å². The van der Waals surface area contributed by atoms with Crippen molar-refractivity contribution in [1.82, 2.24) is 4.90 Å². The van der Waals surface area contributed by atoms with Gasteiger partial charge in [-0.2, -0.15) is 0 Å². The number of rotatable bonds is 4. The van der Waals surface area contributed by atoms with Crippen molar-refractivity contribution >= 4 is 5.69 Å². The SMILES string of the molecule is CCC(C)(C)CN1CCN(c2ccccc2C)CC1. The Bertz CT molecular complexity index is 403. The van der Waals surface area contributed by atoms with Crippen LogP contribution in [0.4, 0.5) is 5.69 Å². The zero-order valence-corrected chi connectivity index (χ0v) is 12.9. The first-order valence-electron chi connectivity index (χ1n) is 7.55. The summed E-state index contributed by atoms with van der Waals surface area (Å²) in [5.41, 5.74) is 3.26. The van der Waals surface area contributed by atoms with Crippen molar-refractivity contribution in [2.45, 2.75) is 34.1 Å². The fraction of sp³-hybridized carbons (Fsp3) is 0.647. The van der Waals surface area contributed by atoms with Crippen LogP contribution in [0.15, 0.2) is 24.3 Å². The first-order chi connectivity index (χ1) is 9.02. The van der Waals surface area contributed by atoms with E-state index in [0.717, 1.165) is 13.1 Å². The molecule has 0 aliphatic carbocycles. The molecule has 0 amide bonds. The van der Waals surface area contributed by atoms with Crippen molar-refractivity contribution < 1.29 is 0 Å². The van der Waals surface area contributed by atoms with Gasteiger partial charge in [0.15, 0.2) is 0 Å². The third-order valence-corrected chi connectivity index (χ3v) is 4.44. The van der Waals surface area contributed by atoms with E-state index in [1.807, 2.05) is 0 Å². The summed E-state index contributed by atoms with van der Waals surface area (Å²) in [6.07, 6.45) is 1.25. The lowest BCUT2D eigenvalue weighted by Crippen LogP contribution is -2.49. The first kappa shape index (κ1) is 14.4. The molecule has 2 nitrogen and oxygen atoms in total. The molecule has 0 spiro atoms. The molecule has 1 heterocycles. The van der Waals surface area contributed by atoms with Crippen LogP contribution in [-0.4, -0.2) is 37.6 Å². The third kappa shape index (κ3) is 3.73. The van der Waals surface area contributed by atoms with Crippen molar-refractivity contribution in [3.63, 3.8) is 0 Å². The fourth-order valence-corrected chi connectivity index (χ4v) is 2.78. The highest BCUT2D eigenvalue weighted by Gasteiger charge is 2.23. The molecular weight excluding hydrogens is 232 g/mol. The van der Waals surface area contributed by atoms with Gasteiger partial charge in [0, 0.05) is 38.4 Å². The van der Waals surface area contributed by atoms with Crippen molar-refractivity contribution in [3.05, 3.63) is 29.8 Å². The zero-order chi connectivity index (χ0) is 13.9. The molecule has 2 heteroatoms. The minimum absolute atomic E-state index is 0.449. The molecule has 0 unspecified atom stereocenters. The Labute approximate surface area is 118 Å². The minimum Gasteiger partial charge on any atom is -0.369 e. The van der Waals surface area contributed by atoms with Gasteiger partial charge in [-0.25, -0.2) is 0 Å². The summed E-state index contributed by atoms with van der Waals surface area (Å²) in [4.78, 5) is 5.16. The number of para-hydroxylation sites is 1. The number of anilines is 1. The number of nitrogens with zero attached hydrogens (tertiary/aromatic N) is 2. The molecule has 0 radical (unpaired) electrons. The minimum atomic E-state index is 0.449. The van der Waals surface area contributed by atoms with Crippen LogP contribution < -0.4 is 4.90 Å². The van der Waals surface area contributed by atoms with Gasteiger partial charge in [0.2, 0.25) is 0 Å². The van der Waals surface area contributed by atoms with Crippen LogP contribution in [0, 0.1) is 12.3 Å². The zero-order valence-electron chi connectivity index (χ0n) is 12.9. The van der Waals surface area contributed by atoms with E-state index in [2.05, 4.69) is 61.8 Å². The normalized spacial score (nSPS) is 17.8. The molecule has 2 rings (SSSR count). The average Bonchev–Trinajstić information content (AvgIpc) is 2.40. The Morgan fingerprint density at radius 1 is 1.05 bits per heavy atom. The molecular formula is C17H28N2. The van der Waals surface area contributed by atoms with Crippen LogP contribution in [0.1, 0.15) is 32.8 Å². The molecule has 0 aromatic heterocycles.